The molecular formula is C19H20ClNO5S. The molecule has 0 radical (unpaired) electrons. The number of sulfonamides is 1. The standard InChI is InChI=1S/C19H20ClNO5S/c1-25-17-9-8-14(12-18(17)27(23,24)21-10-4-5-11-21)19(22)26-13-15-6-2-3-7-16(15)20/h2-3,6-9,12H,4-5,10-11,13H2,1H3. The van der Waals surface area contributed by atoms with Crippen LogP contribution in [0.5, 0.6) is 5.75 Å². The van der Waals surface area contributed by atoms with Gasteiger partial charge in [0.05, 0.1) is 12.7 Å². The van der Waals surface area contributed by atoms with Crippen LogP contribution in [0.2, 0.25) is 5.02 Å². The van der Waals surface area contributed by atoms with E-state index in [1.165, 1.54) is 29.6 Å². The van der Waals surface area contributed by atoms with Crippen LogP contribution < -0.4 is 4.74 Å². The van der Waals surface area contributed by atoms with Gasteiger partial charge < -0.3 is 9.47 Å². The third-order valence-corrected chi connectivity index (χ3v) is 6.69. The Labute approximate surface area is 163 Å². The quantitative estimate of drug-likeness (QED) is 0.683. The Hall–Kier alpha value is -2.09. The summed E-state index contributed by atoms with van der Waals surface area (Å²) in [4.78, 5) is 12.4. The van der Waals surface area contributed by atoms with Crippen molar-refractivity contribution in [3.63, 3.8) is 0 Å². The highest BCUT2D eigenvalue weighted by atomic mass is 35.5. The van der Waals surface area contributed by atoms with Gasteiger partial charge in [0.15, 0.2) is 0 Å². The molecule has 0 bridgehead atoms. The first kappa shape index (κ1) is 19.7. The van der Waals surface area contributed by atoms with Crippen LogP contribution >= 0.6 is 11.6 Å². The molecule has 0 amide bonds. The van der Waals surface area contributed by atoms with Crippen LogP contribution in [0.1, 0.15) is 28.8 Å². The second kappa shape index (κ2) is 8.29. The van der Waals surface area contributed by atoms with E-state index in [4.69, 9.17) is 21.1 Å². The molecule has 0 aliphatic carbocycles. The molecule has 0 spiro atoms. The van der Waals surface area contributed by atoms with E-state index in [0.717, 1.165) is 12.8 Å². The van der Waals surface area contributed by atoms with Gasteiger partial charge in [-0.2, -0.15) is 4.31 Å². The highest BCUT2D eigenvalue weighted by molar-refractivity contribution is 7.89. The first-order valence-corrected chi connectivity index (χ1v) is 10.3. The Kier molecular flexibility index (Phi) is 6.04. The van der Waals surface area contributed by atoms with Gasteiger partial charge in [-0.15, -0.1) is 0 Å². The fourth-order valence-electron chi connectivity index (χ4n) is 2.91. The summed E-state index contributed by atoms with van der Waals surface area (Å²) in [6, 6.07) is 11.3. The van der Waals surface area contributed by atoms with Crippen molar-refractivity contribution >= 4 is 27.6 Å². The molecule has 0 N–H and O–H groups in total. The van der Waals surface area contributed by atoms with Crippen LogP contribution in [0.3, 0.4) is 0 Å². The molecule has 0 atom stereocenters. The topological polar surface area (TPSA) is 72.9 Å². The van der Waals surface area contributed by atoms with E-state index >= 15 is 0 Å². The summed E-state index contributed by atoms with van der Waals surface area (Å²) < 4.78 is 37.7. The number of nitrogens with zero attached hydrogens (tertiary/aromatic N) is 1. The number of esters is 1. The Morgan fingerprint density at radius 1 is 1.15 bits per heavy atom. The van der Waals surface area contributed by atoms with Crippen molar-refractivity contribution in [2.45, 2.75) is 24.3 Å². The van der Waals surface area contributed by atoms with Crippen molar-refractivity contribution in [1.29, 1.82) is 0 Å². The molecule has 1 heterocycles. The molecule has 8 heteroatoms. The van der Waals surface area contributed by atoms with E-state index in [1.54, 1.807) is 24.3 Å². The molecule has 1 fully saturated rings. The second-order valence-electron chi connectivity index (χ2n) is 6.14. The van der Waals surface area contributed by atoms with Crippen LogP contribution in [0.4, 0.5) is 0 Å². The largest absolute Gasteiger partial charge is 0.495 e. The van der Waals surface area contributed by atoms with Crippen LogP contribution in [-0.2, 0) is 21.4 Å². The van der Waals surface area contributed by atoms with Crippen molar-refractivity contribution < 1.29 is 22.7 Å². The van der Waals surface area contributed by atoms with Gasteiger partial charge in [-0.1, -0.05) is 29.8 Å². The molecule has 1 aliphatic heterocycles. The lowest BCUT2D eigenvalue weighted by molar-refractivity contribution is 0.0472. The smallest absolute Gasteiger partial charge is 0.338 e. The lowest BCUT2D eigenvalue weighted by atomic mass is 10.2. The Bertz CT molecular complexity index is 939. The van der Waals surface area contributed by atoms with Gasteiger partial charge in [0.1, 0.15) is 17.3 Å². The van der Waals surface area contributed by atoms with Crippen LogP contribution in [-0.4, -0.2) is 38.9 Å². The van der Waals surface area contributed by atoms with E-state index < -0.39 is 16.0 Å². The average Bonchev–Trinajstić information content (AvgIpc) is 3.22. The molecule has 6 nitrogen and oxygen atoms in total. The van der Waals surface area contributed by atoms with Gasteiger partial charge in [-0.3, -0.25) is 0 Å². The molecule has 27 heavy (non-hydrogen) atoms. The number of carbonyl (C=O) groups excluding carboxylic acids is 1. The minimum Gasteiger partial charge on any atom is -0.495 e. The normalized spacial score (nSPS) is 14.9. The number of hydrogen-bond acceptors (Lipinski definition) is 5. The minimum atomic E-state index is -3.73. The van der Waals surface area contributed by atoms with Crippen LogP contribution in [0.15, 0.2) is 47.4 Å². The lowest BCUT2D eigenvalue weighted by Crippen LogP contribution is -2.28. The monoisotopic (exact) mass is 409 g/mol. The Balaban J connectivity index is 1.84. The van der Waals surface area contributed by atoms with Crippen molar-refractivity contribution in [2.24, 2.45) is 0 Å². The molecule has 1 aliphatic rings. The SMILES string of the molecule is COc1ccc(C(=O)OCc2ccccc2Cl)cc1S(=O)(=O)N1CCCC1. The average molecular weight is 410 g/mol. The Morgan fingerprint density at radius 2 is 1.85 bits per heavy atom. The van der Waals surface area contributed by atoms with Gasteiger partial charge in [0.2, 0.25) is 10.0 Å². The fraction of sp³-hybridized carbons (Fsp3) is 0.316. The Morgan fingerprint density at radius 3 is 2.52 bits per heavy atom. The van der Waals surface area contributed by atoms with Gasteiger partial charge in [-0.05, 0) is 37.1 Å². The first-order valence-electron chi connectivity index (χ1n) is 8.52. The summed E-state index contributed by atoms with van der Waals surface area (Å²) >= 11 is 6.06. The molecule has 0 unspecified atom stereocenters. The van der Waals surface area contributed by atoms with E-state index in [2.05, 4.69) is 0 Å². The molecule has 0 aromatic heterocycles. The molecule has 3 rings (SSSR count). The maximum absolute atomic E-state index is 12.9. The zero-order valence-electron chi connectivity index (χ0n) is 14.9. The summed E-state index contributed by atoms with van der Waals surface area (Å²) in [7, 11) is -2.34. The summed E-state index contributed by atoms with van der Waals surface area (Å²) in [5.41, 5.74) is 0.812. The summed E-state index contributed by atoms with van der Waals surface area (Å²) in [6.07, 6.45) is 1.64. The predicted octanol–water partition coefficient (Wildman–Crippen LogP) is 3.49. The predicted molar refractivity (Wildman–Crippen MR) is 102 cm³/mol. The lowest BCUT2D eigenvalue weighted by Gasteiger charge is -2.18. The van der Waals surface area contributed by atoms with Gasteiger partial charge in [-0.25, -0.2) is 13.2 Å². The highest BCUT2D eigenvalue weighted by Crippen LogP contribution is 2.30. The summed E-state index contributed by atoms with van der Waals surface area (Å²) in [5.74, 6) is -0.431. The van der Waals surface area contributed by atoms with Gasteiger partial charge in [0, 0.05) is 23.7 Å². The van der Waals surface area contributed by atoms with Crippen molar-refractivity contribution in [3.8, 4) is 5.75 Å². The molecule has 2 aromatic rings. The van der Waals surface area contributed by atoms with Gasteiger partial charge in [0.25, 0.3) is 0 Å². The first-order chi connectivity index (χ1) is 12.9. The third kappa shape index (κ3) is 4.26. The molecule has 144 valence electrons. The van der Waals surface area contributed by atoms with Gasteiger partial charge >= 0.3 is 5.97 Å². The summed E-state index contributed by atoms with van der Waals surface area (Å²) in [5, 5.41) is 0.498. The van der Waals surface area contributed by atoms with Crippen LogP contribution in [0, 0.1) is 0 Å². The number of benzene rings is 2. The maximum Gasteiger partial charge on any atom is 0.338 e. The maximum atomic E-state index is 12.9. The van der Waals surface area contributed by atoms with E-state index in [9.17, 15) is 13.2 Å². The zero-order chi connectivity index (χ0) is 19.4. The summed E-state index contributed by atoms with van der Waals surface area (Å²) in [6.45, 7) is 0.929. The van der Waals surface area contributed by atoms with Crippen molar-refractivity contribution in [2.75, 3.05) is 20.2 Å². The van der Waals surface area contributed by atoms with E-state index in [1.807, 2.05) is 0 Å². The number of methoxy groups -OCH3 is 1. The number of ether oxygens (including phenoxy) is 2. The zero-order valence-corrected chi connectivity index (χ0v) is 16.4. The number of hydrogen-bond donors (Lipinski definition) is 0. The van der Waals surface area contributed by atoms with Crippen LogP contribution in [0.25, 0.3) is 0 Å². The second-order valence-corrected chi connectivity index (χ2v) is 8.46. The number of carbonyl (C=O) groups is 1. The molecular weight excluding hydrogens is 390 g/mol. The molecule has 2 aromatic carbocycles. The van der Waals surface area contributed by atoms with E-state index in [-0.39, 0.29) is 22.8 Å². The van der Waals surface area contributed by atoms with E-state index in [0.29, 0.717) is 23.7 Å². The minimum absolute atomic E-state index is 0.00125. The highest BCUT2D eigenvalue weighted by Gasteiger charge is 2.30. The molecule has 1 saturated heterocycles. The van der Waals surface area contributed by atoms with Crippen molar-refractivity contribution in [1.82, 2.24) is 4.31 Å². The third-order valence-electron chi connectivity index (χ3n) is 4.40. The fourth-order valence-corrected chi connectivity index (χ4v) is 4.80. The number of rotatable bonds is 6. The molecule has 0 saturated carbocycles. The number of halogens is 1. The van der Waals surface area contributed by atoms with Crippen molar-refractivity contribution in [3.05, 3.63) is 58.6 Å².